The Morgan fingerprint density at radius 1 is 1.11 bits per heavy atom. The Hall–Kier alpha value is -1.80. The van der Waals surface area contributed by atoms with Gasteiger partial charge in [-0.25, -0.2) is 18.1 Å². The summed E-state index contributed by atoms with van der Waals surface area (Å²) in [6, 6.07) is 17.8. The molecule has 27 heavy (non-hydrogen) atoms. The summed E-state index contributed by atoms with van der Waals surface area (Å²) in [5.41, 5.74) is 3.19. The average molecular weight is 422 g/mol. The smallest absolute Gasteiger partial charge is 0.208 e. The predicted octanol–water partition coefficient (Wildman–Crippen LogP) is 3.89. The molecule has 0 aliphatic carbocycles. The number of hydrogen-bond donors (Lipinski definition) is 1. The summed E-state index contributed by atoms with van der Waals surface area (Å²) in [4.78, 5) is 4.56. The van der Waals surface area contributed by atoms with Crippen molar-refractivity contribution in [3.05, 3.63) is 71.4 Å². The molecule has 8 heteroatoms. The number of imidazole rings is 1. The van der Waals surface area contributed by atoms with Crippen molar-refractivity contribution in [1.82, 2.24) is 14.3 Å². The molecule has 0 saturated heterocycles. The van der Waals surface area contributed by atoms with Crippen LogP contribution in [0.25, 0.3) is 11.3 Å². The maximum atomic E-state index is 11.2. The summed E-state index contributed by atoms with van der Waals surface area (Å²) in [6.45, 7) is 1.04. The van der Waals surface area contributed by atoms with Gasteiger partial charge in [0.05, 0.1) is 24.7 Å². The first kappa shape index (κ1) is 19.9. The monoisotopic (exact) mass is 421 g/mol. The third-order valence-corrected chi connectivity index (χ3v) is 5.81. The number of benzene rings is 2. The third-order valence-electron chi connectivity index (χ3n) is 3.84. The quantitative estimate of drug-likeness (QED) is 0.442. The maximum Gasteiger partial charge on any atom is 0.208 e. The van der Waals surface area contributed by atoms with Crippen LogP contribution in [0.3, 0.4) is 0 Å². The topological polar surface area (TPSA) is 64.0 Å². The molecule has 0 radical (unpaired) electrons. The van der Waals surface area contributed by atoms with Gasteiger partial charge < -0.3 is 4.57 Å². The first-order chi connectivity index (χ1) is 12.9. The second-order valence-corrected chi connectivity index (χ2v) is 9.35. The van der Waals surface area contributed by atoms with Crippen molar-refractivity contribution in [1.29, 1.82) is 0 Å². The minimum atomic E-state index is -3.18. The maximum absolute atomic E-state index is 11.2. The van der Waals surface area contributed by atoms with E-state index in [1.165, 1.54) is 17.3 Å². The molecule has 1 N–H and O–H groups in total. The van der Waals surface area contributed by atoms with Gasteiger partial charge in [0.15, 0.2) is 5.16 Å². The molecule has 0 spiro atoms. The van der Waals surface area contributed by atoms with E-state index in [1.54, 1.807) is 0 Å². The molecule has 0 bridgehead atoms. The highest BCUT2D eigenvalue weighted by atomic mass is 35.5. The molecule has 0 aliphatic rings. The lowest BCUT2D eigenvalue weighted by Gasteiger charge is -2.12. The van der Waals surface area contributed by atoms with Gasteiger partial charge in [-0.3, -0.25) is 0 Å². The van der Waals surface area contributed by atoms with E-state index in [-0.39, 0.29) is 0 Å². The van der Waals surface area contributed by atoms with Gasteiger partial charge in [-0.05, 0) is 23.3 Å². The highest BCUT2D eigenvalue weighted by molar-refractivity contribution is 7.99. The van der Waals surface area contributed by atoms with E-state index >= 15 is 0 Å². The zero-order chi connectivity index (χ0) is 19.3. The van der Waals surface area contributed by atoms with E-state index in [4.69, 9.17) is 11.6 Å². The van der Waals surface area contributed by atoms with E-state index in [2.05, 4.69) is 26.4 Å². The van der Waals surface area contributed by atoms with Gasteiger partial charge in [0.1, 0.15) is 0 Å². The molecule has 2 aromatic carbocycles. The van der Waals surface area contributed by atoms with Gasteiger partial charge in [-0.2, -0.15) is 0 Å². The molecule has 0 amide bonds. The Kier molecular flexibility index (Phi) is 6.59. The van der Waals surface area contributed by atoms with Crippen molar-refractivity contribution in [2.75, 3.05) is 18.6 Å². The van der Waals surface area contributed by atoms with Crippen LogP contribution in [-0.2, 0) is 16.6 Å². The minimum Gasteiger partial charge on any atom is -0.314 e. The van der Waals surface area contributed by atoms with Gasteiger partial charge in [0.2, 0.25) is 10.0 Å². The first-order valence-electron chi connectivity index (χ1n) is 8.35. The Bertz CT molecular complexity index is 988. The fraction of sp³-hybridized carbons (Fsp3) is 0.211. The summed E-state index contributed by atoms with van der Waals surface area (Å²) < 4.78 is 27.1. The fourth-order valence-electron chi connectivity index (χ4n) is 2.61. The molecule has 0 atom stereocenters. The Morgan fingerprint density at radius 3 is 2.48 bits per heavy atom. The second-order valence-electron chi connectivity index (χ2n) is 6.02. The van der Waals surface area contributed by atoms with E-state index in [0.717, 1.165) is 22.7 Å². The van der Waals surface area contributed by atoms with Crippen LogP contribution >= 0.6 is 23.4 Å². The molecule has 3 aromatic rings. The highest BCUT2D eigenvalue weighted by Crippen LogP contribution is 2.28. The molecule has 0 fully saturated rings. The van der Waals surface area contributed by atoms with Crippen LogP contribution < -0.4 is 4.72 Å². The van der Waals surface area contributed by atoms with Gasteiger partial charge in [0, 0.05) is 17.3 Å². The summed E-state index contributed by atoms with van der Waals surface area (Å²) >= 11 is 7.54. The summed E-state index contributed by atoms with van der Waals surface area (Å²) in [5.74, 6) is 0.596. The highest BCUT2D eigenvalue weighted by Gasteiger charge is 2.13. The van der Waals surface area contributed by atoms with Gasteiger partial charge >= 0.3 is 0 Å². The first-order valence-corrected chi connectivity index (χ1v) is 11.6. The molecule has 1 heterocycles. The summed E-state index contributed by atoms with van der Waals surface area (Å²) in [7, 11) is -3.18. The van der Waals surface area contributed by atoms with Crippen molar-refractivity contribution in [2.45, 2.75) is 11.7 Å². The van der Waals surface area contributed by atoms with Crippen LogP contribution in [0.1, 0.15) is 5.56 Å². The van der Waals surface area contributed by atoms with Crippen molar-refractivity contribution in [3.63, 3.8) is 0 Å². The molecule has 0 unspecified atom stereocenters. The van der Waals surface area contributed by atoms with Crippen LogP contribution in [0.4, 0.5) is 0 Å². The number of hydrogen-bond acceptors (Lipinski definition) is 4. The Morgan fingerprint density at radius 2 is 1.81 bits per heavy atom. The number of thioether (sulfide) groups is 1. The number of halogens is 1. The zero-order valence-electron chi connectivity index (χ0n) is 14.8. The number of nitrogens with one attached hydrogen (secondary N) is 1. The van der Waals surface area contributed by atoms with Gasteiger partial charge in [-0.1, -0.05) is 65.8 Å². The SMILES string of the molecule is CS(=O)(=O)NCCSc1ncc(-c2ccc(Cl)cc2)n1Cc1ccccc1. The molecule has 5 nitrogen and oxygen atoms in total. The normalized spacial score (nSPS) is 11.6. The van der Waals surface area contributed by atoms with Gasteiger partial charge in [0.25, 0.3) is 0 Å². The van der Waals surface area contributed by atoms with Crippen molar-refractivity contribution >= 4 is 33.4 Å². The van der Waals surface area contributed by atoms with Gasteiger partial charge in [-0.15, -0.1) is 0 Å². The lowest BCUT2D eigenvalue weighted by Crippen LogP contribution is -2.24. The molecule has 0 aliphatic heterocycles. The van der Waals surface area contributed by atoms with E-state index in [9.17, 15) is 8.42 Å². The van der Waals surface area contributed by atoms with E-state index in [0.29, 0.717) is 23.9 Å². The standard InChI is InChI=1S/C19H20ClN3O2S2/c1-27(24,25)22-11-12-26-19-21-13-18(16-7-9-17(20)10-8-16)23(19)14-15-5-3-2-4-6-15/h2-10,13,22H,11-12,14H2,1H3. The van der Waals surface area contributed by atoms with Crippen LogP contribution in [0, 0.1) is 0 Å². The Balaban J connectivity index is 1.85. The molecule has 3 rings (SSSR count). The molecule has 1 aromatic heterocycles. The van der Waals surface area contributed by atoms with Crippen molar-refractivity contribution in [3.8, 4) is 11.3 Å². The number of sulfonamides is 1. The largest absolute Gasteiger partial charge is 0.314 e. The lowest BCUT2D eigenvalue weighted by atomic mass is 10.1. The van der Waals surface area contributed by atoms with Crippen molar-refractivity contribution < 1.29 is 8.42 Å². The number of aromatic nitrogens is 2. The fourth-order valence-corrected chi connectivity index (χ4v) is 4.17. The molecular weight excluding hydrogens is 402 g/mol. The minimum absolute atomic E-state index is 0.359. The summed E-state index contributed by atoms with van der Waals surface area (Å²) in [6.07, 6.45) is 3.01. The molecule has 142 valence electrons. The molecule has 0 saturated carbocycles. The lowest BCUT2D eigenvalue weighted by molar-refractivity contribution is 0.590. The van der Waals surface area contributed by atoms with Crippen LogP contribution in [0.5, 0.6) is 0 Å². The molecular formula is C19H20ClN3O2S2. The van der Waals surface area contributed by atoms with Crippen LogP contribution in [0.15, 0.2) is 66.0 Å². The zero-order valence-corrected chi connectivity index (χ0v) is 17.2. The van der Waals surface area contributed by atoms with E-state index in [1.807, 2.05) is 48.7 Å². The second kappa shape index (κ2) is 8.93. The average Bonchev–Trinajstić information content (AvgIpc) is 3.02. The third kappa shape index (κ3) is 5.84. The number of nitrogens with zero attached hydrogens (tertiary/aromatic N) is 2. The Labute approximate surface area is 168 Å². The predicted molar refractivity (Wildman–Crippen MR) is 112 cm³/mol. The summed E-state index contributed by atoms with van der Waals surface area (Å²) in [5, 5.41) is 1.54. The van der Waals surface area contributed by atoms with Crippen molar-refractivity contribution in [2.24, 2.45) is 0 Å². The van der Waals surface area contributed by atoms with Crippen LogP contribution in [-0.4, -0.2) is 36.5 Å². The van der Waals surface area contributed by atoms with E-state index < -0.39 is 10.0 Å². The number of rotatable bonds is 8. The van der Waals surface area contributed by atoms with Crippen LogP contribution in [0.2, 0.25) is 5.02 Å².